The van der Waals surface area contributed by atoms with E-state index in [4.69, 9.17) is 0 Å². The lowest BCUT2D eigenvalue weighted by atomic mass is 10.2. The predicted molar refractivity (Wildman–Crippen MR) is 61.7 cm³/mol. The number of nitrogens with one attached hydrogen (secondary N) is 1. The van der Waals surface area contributed by atoms with E-state index in [0.29, 0.717) is 0 Å². The lowest BCUT2D eigenvalue weighted by Crippen LogP contribution is -2.17. The van der Waals surface area contributed by atoms with E-state index in [0.717, 1.165) is 5.69 Å². The van der Waals surface area contributed by atoms with Gasteiger partial charge in [0.05, 0.1) is 0 Å². The Bertz CT molecular complexity index is 306. The molecule has 0 aliphatic rings. The first kappa shape index (κ1) is 11.1. The normalized spacial score (nSPS) is 10.3. The fourth-order valence-corrected chi connectivity index (χ4v) is 1.37. The van der Waals surface area contributed by atoms with Crippen molar-refractivity contribution in [3.8, 4) is 0 Å². The number of hydrogen-bond acceptors (Lipinski definition) is 2. The average molecular weight is 209 g/mol. The molecule has 0 atom stereocenters. The number of amides is 1. The first-order valence-corrected chi connectivity index (χ1v) is 5.81. The highest BCUT2D eigenvalue weighted by atomic mass is 32.2. The third-order valence-electron chi connectivity index (χ3n) is 1.88. The molecule has 0 aromatic heterocycles. The van der Waals surface area contributed by atoms with Crippen LogP contribution in [0.5, 0.6) is 0 Å². The van der Waals surface area contributed by atoms with Gasteiger partial charge in [-0.25, -0.2) is 0 Å². The molecule has 0 radical (unpaired) electrons. The molecular formula is C11H15NOS. The van der Waals surface area contributed by atoms with Gasteiger partial charge in [-0.2, -0.15) is 0 Å². The van der Waals surface area contributed by atoms with Crippen molar-refractivity contribution in [2.45, 2.75) is 18.7 Å². The Morgan fingerprint density at radius 1 is 1.29 bits per heavy atom. The molecule has 1 N–H and O–H groups in total. The summed E-state index contributed by atoms with van der Waals surface area (Å²) in [6, 6.07) is 7.85. The molecule has 0 fully saturated rings. The van der Waals surface area contributed by atoms with Gasteiger partial charge in [0.2, 0.25) is 5.91 Å². The van der Waals surface area contributed by atoms with E-state index in [9.17, 15) is 4.79 Å². The van der Waals surface area contributed by atoms with Crippen LogP contribution in [0.3, 0.4) is 0 Å². The van der Waals surface area contributed by atoms with E-state index in [-0.39, 0.29) is 11.8 Å². The molecule has 1 amide bonds. The molecule has 3 heteroatoms. The molecule has 1 aromatic rings. The Morgan fingerprint density at radius 2 is 1.86 bits per heavy atom. The Morgan fingerprint density at radius 3 is 2.29 bits per heavy atom. The molecular weight excluding hydrogens is 194 g/mol. The lowest BCUT2D eigenvalue weighted by molar-refractivity contribution is -0.118. The maximum atomic E-state index is 11.4. The van der Waals surface area contributed by atoms with Gasteiger partial charge in [-0.05, 0) is 30.5 Å². The van der Waals surface area contributed by atoms with Crippen molar-refractivity contribution in [3.63, 3.8) is 0 Å². The Labute approximate surface area is 89.1 Å². The number of rotatable bonds is 3. The molecule has 0 bridgehead atoms. The van der Waals surface area contributed by atoms with Crippen LogP contribution in [0.1, 0.15) is 13.8 Å². The summed E-state index contributed by atoms with van der Waals surface area (Å²) in [4.78, 5) is 12.6. The van der Waals surface area contributed by atoms with Crippen LogP contribution in [0.4, 0.5) is 5.69 Å². The maximum absolute atomic E-state index is 11.4. The second kappa shape index (κ2) is 5.05. The minimum absolute atomic E-state index is 0.0234. The topological polar surface area (TPSA) is 29.1 Å². The van der Waals surface area contributed by atoms with Gasteiger partial charge < -0.3 is 5.32 Å². The SMILES string of the molecule is CSc1ccc(NC(=O)C(C)C)cc1. The van der Waals surface area contributed by atoms with Crippen molar-refractivity contribution in [1.29, 1.82) is 0 Å². The second-order valence-electron chi connectivity index (χ2n) is 3.37. The molecule has 0 unspecified atom stereocenters. The number of anilines is 1. The highest BCUT2D eigenvalue weighted by Crippen LogP contribution is 2.17. The third-order valence-corrected chi connectivity index (χ3v) is 2.63. The maximum Gasteiger partial charge on any atom is 0.226 e. The molecule has 2 nitrogen and oxygen atoms in total. The number of carbonyl (C=O) groups excluding carboxylic acids is 1. The summed E-state index contributed by atoms with van der Waals surface area (Å²) >= 11 is 1.69. The van der Waals surface area contributed by atoms with E-state index < -0.39 is 0 Å². The summed E-state index contributed by atoms with van der Waals surface area (Å²) in [7, 11) is 0. The van der Waals surface area contributed by atoms with Gasteiger partial charge in [0.15, 0.2) is 0 Å². The van der Waals surface area contributed by atoms with Gasteiger partial charge in [0.25, 0.3) is 0 Å². The van der Waals surface area contributed by atoms with E-state index in [1.807, 2.05) is 44.4 Å². The van der Waals surface area contributed by atoms with Gasteiger partial charge in [0, 0.05) is 16.5 Å². The smallest absolute Gasteiger partial charge is 0.226 e. The highest BCUT2D eigenvalue weighted by Gasteiger charge is 2.06. The summed E-state index contributed by atoms with van der Waals surface area (Å²) in [6.07, 6.45) is 2.03. The molecule has 1 aromatic carbocycles. The van der Waals surface area contributed by atoms with Crippen LogP contribution in [0, 0.1) is 5.92 Å². The molecule has 0 aliphatic heterocycles. The van der Waals surface area contributed by atoms with Crippen LogP contribution in [-0.4, -0.2) is 12.2 Å². The first-order valence-electron chi connectivity index (χ1n) is 4.58. The molecule has 14 heavy (non-hydrogen) atoms. The average Bonchev–Trinajstić information content (AvgIpc) is 2.19. The van der Waals surface area contributed by atoms with Crippen LogP contribution in [0.2, 0.25) is 0 Å². The van der Waals surface area contributed by atoms with Gasteiger partial charge in [-0.15, -0.1) is 11.8 Å². The zero-order valence-corrected chi connectivity index (χ0v) is 9.52. The standard InChI is InChI=1S/C11H15NOS/c1-8(2)11(13)12-9-4-6-10(14-3)7-5-9/h4-8H,1-3H3,(H,12,13). The van der Waals surface area contributed by atoms with E-state index in [1.165, 1.54) is 4.90 Å². The number of thioether (sulfide) groups is 1. The Balaban J connectivity index is 2.64. The minimum atomic E-state index is 0.0234. The zero-order chi connectivity index (χ0) is 10.6. The summed E-state index contributed by atoms with van der Waals surface area (Å²) in [6.45, 7) is 3.76. The van der Waals surface area contributed by atoms with E-state index in [2.05, 4.69) is 5.32 Å². The molecule has 0 aliphatic carbocycles. The van der Waals surface area contributed by atoms with Gasteiger partial charge in [-0.1, -0.05) is 13.8 Å². The van der Waals surface area contributed by atoms with Crippen molar-refractivity contribution < 1.29 is 4.79 Å². The highest BCUT2D eigenvalue weighted by molar-refractivity contribution is 7.98. The summed E-state index contributed by atoms with van der Waals surface area (Å²) < 4.78 is 0. The lowest BCUT2D eigenvalue weighted by Gasteiger charge is -2.07. The van der Waals surface area contributed by atoms with Crippen LogP contribution < -0.4 is 5.32 Å². The second-order valence-corrected chi connectivity index (χ2v) is 4.25. The predicted octanol–water partition coefficient (Wildman–Crippen LogP) is 3.00. The Hall–Kier alpha value is -0.960. The molecule has 0 saturated carbocycles. The minimum Gasteiger partial charge on any atom is -0.326 e. The molecule has 0 spiro atoms. The molecule has 0 saturated heterocycles. The van der Waals surface area contributed by atoms with Crippen LogP contribution in [0.25, 0.3) is 0 Å². The van der Waals surface area contributed by atoms with Crippen LogP contribution in [0.15, 0.2) is 29.2 Å². The van der Waals surface area contributed by atoms with Gasteiger partial charge >= 0.3 is 0 Å². The summed E-state index contributed by atoms with van der Waals surface area (Å²) in [5, 5.41) is 2.84. The van der Waals surface area contributed by atoms with Crippen molar-refractivity contribution in [3.05, 3.63) is 24.3 Å². The number of benzene rings is 1. The van der Waals surface area contributed by atoms with E-state index in [1.54, 1.807) is 11.8 Å². The van der Waals surface area contributed by atoms with Crippen molar-refractivity contribution >= 4 is 23.4 Å². The third kappa shape index (κ3) is 3.07. The van der Waals surface area contributed by atoms with Crippen molar-refractivity contribution in [1.82, 2.24) is 0 Å². The summed E-state index contributed by atoms with van der Waals surface area (Å²) in [5.41, 5.74) is 0.863. The zero-order valence-electron chi connectivity index (χ0n) is 8.70. The van der Waals surface area contributed by atoms with Crippen molar-refractivity contribution in [2.75, 3.05) is 11.6 Å². The molecule has 1 rings (SSSR count). The van der Waals surface area contributed by atoms with Crippen molar-refractivity contribution in [2.24, 2.45) is 5.92 Å². The van der Waals surface area contributed by atoms with Crippen LogP contribution >= 0.6 is 11.8 Å². The van der Waals surface area contributed by atoms with Gasteiger partial charge in [-0.3, -0.25) is 4.79 Å². The summed E-state index contributed by atoms with van der Waals surface area (Å²) in [5.74, 6) is 0.0807. The first-order chi connectivity index (χ1) is 6.63. The van der Waals surface area contributed by atoms with E-state index >= 15 is 0 Å². The van der Waals surface area contributed by atoms with Gasteiger partial charge in [0.1, 0.15) is 0 Å². The monoisotopic (exact) mass is 209 g/mol. The molecule has 76 valence electrons. The number of carbonyl (C=O) groups is 1. The fourth-order valence-electron chi connectivity index (χ4n) is 0.961. The number of hydrogen-bond donors (Lipinski definition) is 1. The quantitative estimate of drug-likeness (QED) is 0.775. The molecule has 0 heterocycles. The Kier molecular flexibility index (Phi) is 4.01. The fraction of sp³-hybridized carbons (Fsp3) is 0.364. The van der Waals surface area contributed by atoms with Crippen LogP contribution in [-0.2, 0) is 4.79 Å². The largest absolute Gasteiger partial charge is 0.326 e.